The molecule has 0 aliphatic heterocycles. The number of ether oxygens (including phenoxy) is 1. The van der Waals surface area contributed by atoms with Crippen molar-refractivity contribution in [1.29, 1.82) is 0 Å². The fourth-order valence-corrected chi connectivity index (χ4v) is 3.75. The van der Waals surface area contributed by atoms with Crippen molar-refractivity contribution in [1.82, 2.24) is 10.6 Å². The number of anilines is 1. The Balaban J connectivity index is 1.67. The molecule has 0 aromatic heterocycles. The number of halogens is 1. The normalized spacial score (nSPS) is 10.5. The highest BCUT2D eigenvalue weighted by Gasteiger charge is 2.17. The van der Waals surface area contributed by atoms with Crippen LogP contribution in [0.5, 0.6) is 5.75 Å². The number of hydrogen-bond donors (Lipinski definition) is 3. The van der Waals surface area contributed by atoms with Crippen LogP contribution in [-0.4, -0.2) is 29.6 Å². The van der Waals surface area contributed by atoms with Crippen molar-refractivity contribution >= 4 is 50.8 Å². The molecule has 3 N–H and O–H groups in total. The van der Waals surface area contributed by atoms with Gasteiger partial charge >= 0.3 is 0 Å². The summed E-state index contributed by atoms with van der Waals surface area (Å²) in [6.45, 7) is 4.19. The van der Waals surface area contributed by atoms with Gasteiger partial charge in [0.25, 0.3) is 11.8 Å². The molecule has 0 atom stereocenters. The molecule has 0 saturated heterocycles. The molecule has 2 amide bonds. The van der Waals surface area contributed by atoms with Crippen molar-refractivity contribution in [3.8, 4) is 5.75 Å². The predicted molar refractivity (Wildman–Crippen MR) is 143 cm³/mol. The standard InChI is InChI=1S/C26H26BrN3O3S/c1-17(2)28-24(31)20-10-6-7-11-22(20)29-26(34)30-25(32)21-16-19(27)12-13-23(21)33-15-14-18-8-4-3-5-9-18/h3-13,16-17H,14-15H2,1-2H3,(H,28,31)(H2,29,30,32,34). The summed E-state index contributed by atoms with van der Waals surface area (Å²) in [6, 6.07) is 22.2. The van der Waals surface area contributed by atoms with Gasteiger partial charge in [0, 0.05) is 16.9 Å². The van der Waals surface area contributed by atoms with E-state index < -0.39 is 5.91 Å². The van der Waals surface area contributed by atoms with Crippen LogP contribution in [0.15, 0.2) is 77.3 Å². The number of nitrogens with one attached hydrogen (secondary N) is 3. The minimum atomic E-state index is -0.419. The topological polar surface area (TPSA) is 79.5 Å². The third-order valence-corrected chi connectivity index (χ3v) is 5.44. The van der Waals surface area contributed by atoms with Crippen molar-refractivity contribution in [2.45, 2.75) is 26.3 Å². The first-order valence-corrected chi connectivity index (χ1v) is 12.0. The summed E-state index contributed by atoms with van der Waals surface area (Å²) in [5, 5.41) is 8.55. The van der Waals surface area contributed by atoms with E-state index in [1.807, 2.05) is 50.2 Å². The molecule has 6 nitrogen and oxygen atoms in total. The third kappa shape index (κ3) is 7.40. The Morgan fingerprint density at radius 1 is 0.941 bits per heavy atom. The lowest BCUT2D eigenvalue weighted by Gasteiger charge is -2.16. The number of thiocarbonyl (C=S) groups is 1. The maximum absolute atomic E-state index is 13.0. The summed E-state index contributed by atoms with van der Waals surface area (Å²) in [5.74, 6) is -0.193. The number of para-hydroxylation sites is 1. The lowest BCUT2D eigenvalue weighted by atomic mass is 10.1. The highest BCUT2D eigenvalue weighted by atomic mass is 79.9. The van der Waals surface area contributed by atoms with Crippen molar-refractivity contribution in [2.75, 3.05) is 11.9 Å². The van der Waals surface area contributed by atoms with E-state index >= 15 is 0 Å². The number of hydrogen-bond acceptors (Lipinski definition) is 4. The Morgan fingerprint density at radius 2 is 1.65 bits per heavy atom. The lowest BCUT2D eigenvalue weighted by Crippen LogP contribution is -2.36. The summed E-state index contributed by atoms with van der Waals surface area (Å²) in [4.78, 5) is 25.5. The molecule has 0 aliphatic rings. The zero-order chi connectivity index (χ0) is 24.5. The summed E-state index contributed by atoms with van der Waals surface area (Å²) in [7, 11) is 0. The molecule has 0 unspecified atom stereocenters. The molecule has 3 aromatic carbocycles. The molecule has 0 bridgehead atoms. The Labute approximate surface area is 213 Å². The molecule has 0 spiro atoms. The molecule has 0 heterocycles. The van der Waals surface area contributed by atoms with Crippen molar-refractivity contribution in [2.24, 2.45) is 0 Å². The highest BCUT2D eigenvalue weighted by molar-refractivity contribution is 9.10. The number of carbonyl (C=O) groups excluding carboxylic acids is 2. The van der Waals surface area contributed by atoms with Gasteiger partial charge in [-0.3, -0.25) is 14.9 Å². The van der Waals surface area contributed by atoms with Crippen LogP contribution in [0.3, 0.4) is 0 Å². The molecule has 0 fully saturated rings. The highest BCUT2D eigenvalue weighted by Crippen LogP contribution is 2.24. The van der Waals surface area contributed by atoms with E-state index in [1.54, 1.807) is 36.4 Å². The molecular formula is C26H26BrN3O3S. The molecule has 8 heteroatoms. The van der Waals surface area contributed by atoms with Gasteiger partial charge < -0.3 is 15.4 Å². The lowest BCUT2D eigenvalue weighted by molar-refractivity contribution is 0.0942. The van der Waals surface area contributed by atoms with Crippen LogP contribution >= 0.6 is 28.1 Å². The summed E-state index contributed by atoms with van der Waals surface area (Å²) in [5.41, 5.74) is 2.42. The van der Waals surface area contributed by atoms with Gasteiger partial charge in [-0.25, -0.2) is 0 Å². The second-order valence-corrected chi connectivity index (χ2v) is 9.13. The van der Waals surface area contributed by atoms with Gasteiger partial charge in [0.15, 0.2) is 5.11 Å². The zero-order valence-corrected chi connectivity index (χ0v) is 21.3. The van der Waals surface area contributed by atoms with Crippen LogP contribution in [-0.2, 0) is 6.42 Å². The van der Waals surface area contributed by atoms with Gasteiger partial charge in [-0.05, 0) is 62.0 Å². The van der Waals surface area contributed by atoms with Gasteiger partial charge in [0.05, 0.1) is 23.4 Å². The van der Waals surface area contributed by atoms with Crippen LogP contribution in [0, 0.1) is 0 Å². The number of rotatable bonds is 8. The van der Waals surface area contributed by atoms with Crippen LogP contribution in [0.2, 0.25) is 0 Å². The first-order chi connectivity index (χ1) is 16.3. The fourth-order valence-electron chi connectivity index (χ4n) is 3.18. The molecule has 0 saturated carbocycles. The quantitative estimate of drug-likeness (QED) is 0.337. The Kier molecular flexibility index (Phi) is 9.18. The second-order valence-electron chi connectivity index (χ2n) is 7.81. The number of amides is 2. The van der Waals surface area contributed by atoms with Crippen molar-refractivity contribution < 1.29 is 14.3 Å². The van der Waals surface area contributed by atoms with Gasteiger partial charge in [0.2, 0.25) is 0 Å². The van der Waals surface area contributed by atoms with Crippen LogP contribution < -0.4 is 20.7 Å². The summed E-state index contributed by atoms with van der Waals surface area (Å²) >= 11 is 8.75. The average molecular weight is 540 g/mol. The van der Waals surface area contributed by atoms with Crippen molar-refractivity contribution in [3.63, 3.8) is 0 Å². The van der Waals surface area contributed by atoms with E-state index in [0.29, 0.717) is 35.6 Å². The molecule has 0 aliphatic carbocycles. The van der Waals surface area contributed by atoms with Crippen LogP contribution in [0.25, 0.3) is 0 Å². The van der Waals surface area contributed by atoms with Gasteiger partial charge in [0.1, 0.15) is 5.75 Å². The average Bonchev–Trinajstić information content (AvgIpc) is 2.80. The SMILES string of the molecule is CC(C)NC(=O)c1ccccc1NC(=S)NC(=O)c1cc(Br)ccc1OCCc1ccccc1. The van der Waals surface area contributed by atoms with E-state index in [9.17, 15) is 9.59 Å². The van der Waals surface area contributed by atoms with Crippen LogP contribution in [0.4, 0.5) is 5.69 Å². The minimum Gasteiger partial charge on any atom is -0.492 e. The Morgan fingerprint density at radius 3 is 2.38 bits per heavy atom. The predicted octanol–water partition coefficient (Wildman–Crippen LogP) is 5.34. The Hall–Kier alpha value is -3.23. The van der Waals surface area contributed by atoms with Gasteiger partial charge in [-0.1, -0.05) is 58.4 Å². The number of carbonyl (C=O) groups is 2. The molecule has 3 aromatic rings. The molecule has 3 rings (SSSR count). The molecule has 0 radical (unpaired) electrons. The maximum atomic E-state index is 13.0. The smallest absolute Gasteiger partial charge is 0.261 e. The van der Waals surface area contributed by atoms with E-state index in [1.165, 1.54) is 0 Å². The zero-order valence-electron chi connectivity index (χ0n) is 18.9. The monoisotopic (exact) mass is 539 g/mol. The van der Waals surface area contributed by atoms with Crippen molar-refractivity contribution in [3.05, 3.63) is 94.0 Å². The van der Waals surface area contributed by atoms with E-state index in [-0.39, 0.29) is 17.1 Å². The Bertz CT molecular complexity index is 1170. The first kappa shape index (κ1) is 25.4. The largest absolute Gasteiger partial charge is 0.492 e. The maximum Gasteiger partial charge on any atom is 0.261 e. The minimum absolute atomic E-state index is 0.0101. The summed E-state index contributed by atoms with van der Waals surface area (Å²) < 4.78 is 6.64. The van der Waals surface area contributed by atoms with E-state index in [2.05, 4.69) is 31.9 Å². The molecular weight excluding hydrogens is 514 g/mol. The second kappa shape index (κ2) is 12.3. The number of benzene rings is 3. The molecule has 176 valence electrons. The summed E-state index contributed by atoms with van der Waals surface area (Å²) in [6.07, 6.45) is 0.715. The van der Waals surface area contributed by atoms with E-state index in [4.69, 9.17) is 17.0 Å². The fraction of sp³-hybridized carbons (Fsp3) is 0.192. The first-order valence-electron chi connectivity index (χ1n) is 10.8. The van der Waals surface area contributed by atoms with Crippen LogP contribution in [0.1, 0.15) is 40.1 Å². The van der Waals surface area contributed by atoms with Gasteiger partial charge in [-0.2, -0.15) is 0 Å². The molecule has 34 heavy (non-hydrogen) atoms. The third-order valence-electron chi connectivity index (χ3n) is 4.74. The van der Waals surface area contributed by atoms with Gasteiger partial charge in [-0.15, -0.1) is 0 Å². The van der Waals surface area contributed by atoms with E-state index in [0.717, 1.165) is 10.0 Å².